The average molecular weight is 346 g/mol. The fourth-order valence-corrected chi connectivity index (χ4v) is 2.80. The van der Waals surface area contributed by atoms with Crippen LogP contribution < -0.4 is 10.2 Å². The van der Waals surface area contributed by atoms with Crippen molar-refractivity contribution in [3.63, 3.8) is 0 Å². The number of anilines is 2. The van der Waals surface area contributed by atoms with E-state index in [0.717, 1.165) is 37.4 Å². The van der Waals surface area contributed by atoms with Crippen LogP contribution in [-0.4, -0.2) is 54.0 Å². The van der Waals surface area contributed by atoms with E-state index in [9.17, 15) is 4.79 Å². The Balaban J connectivity index is 1.67. The number of amides is 1. The second-order valence-corrected chi connectivity index (χ2v) is 6.41. The number of aryl methyl sites for hydroxylation is 1. The number of carbonyl (C=O) groups excluding carboxylic acids is 1. The highest BCUT2D eigenvalue weighted by Crippen LogP contribution is 2.20. The number of halogens is 1. The van der Waals surface area contributed by atoms with E-state index in [1.165, 1.54) is 0 Å². The van der Waals surface area contributed by atoms with E-state index >= 15 is 0 Å². The van der Waals surface area contributed by atoms with Gasteiger partial charge in [0.1, 0.15) is 0 Å². The van der Waals surface area contributed by atoms with Crippen molar-refractivity contribution >= 4 is 29.1 Å². The molecule has 0 radical (unpaired) electrons. The van der Waals surface area contributed by atoms with Crippen LogP contribution in [0.5, 0.6) is 0 Å². The molecule has 1 N–H and O–H groups in total. The summed E-state index contributed by atoms with van der Waals surface area (Å²) in [6.45, 7) is 5.66. The fourth-order valence-electron chi connectivity index (χ4n) is 2.57. The molecule has 0 saturated carbocycles. The van der Waals surface area contributed by atoms with Gasteiger partial charge in [0.05, 0.1) is 5.56 Å². The average Bonchev–Trinajstić information content (AvgIpc) is 2.58. The lowest BCUT2D eigenvalue weighted by atomic mass is 10.2. The van der Waals surface area contributed by atoms with Gasteiger partial charge in [0.25, 0.3) is 5.91 Å². The highest BCUT2D eigenvalue weighted by atomic mass is 35.5. The van der Waals surface area contributed by atoms with Crippen molar-refractivity contribution in [1.82, 2.24) is 14.9 Å². The number of aromatic nitrogens is 2. The molecule has 0 spiro atoms. The molecule has 2 aromatic rings. The Hall–Kier alpha value is -2.18. The zero-order chi connectivity index (χ0) is 17.1. The van der Waals surface area contributed by atoms with Crippen molar-refractivity contribution < 1.29 is 4.79 Å². The first-order chi connectivity index (χ1) is 11.5. The topological polar surface area (TPSA) is 61.4 Å². The zero-order valence-electron chi connectivity index (χ0n) is 13.8. The van der Waals surface area contributed by atoms with Crippen LogP contribution in [-0.2, 0) is 0 Å². The second-order valence-electron chi connectivity index (χ2n) is 5.98. The molecule has 24 heavy (non-hydrogen) atoms. The summed E-state index contributed by atoms with van der Waals surface area (Å²) in [6, 6.07) is 5.34. The normalized spacial score (nSPS) is 15.4. The van der Waals surface area contributed by atoms with Gasteiger partial charge in [-0.15, -0.1) is 0 Å². The third-order valence-corrected chi connectivity index (χ3v) is 4.36. The Morgan fingerprint density at radius 3 is 2.46 bits per heavy atom. The summed E-state index contributed by atoms with van der Waals surface area (Å²) in [5.41, 5.74) is 2.07. The van der Waals surface area contributed by atoms with Crippen LogP contribution in [0.1, 0.15) is 15.9 Å². The molecule has 126 valence electrons. The van der Waals surface area contributed by atoms with E-state index in [0.29, 0.717) is 16.5 Å². The number of benzene rings is 1. The zero-order valence-corrected chi connectivity index (χ0v) is 14.5. The summed E-state index contributed by atoms with van der Waals surface area (Å²) in [7, 11) is 2.10. The molecule has 3 rings (SSSR count). The molecule has 0 bridgehead atoms. The number of hydrogen-bond acceptors (Lipinski definition) is 5. The van der Waals surface area contributed by atoms with E-state index in [-0.39, 0.29) is 5.91 Å². The molecular weight excluding hydrogens is 326 g/mol. The molecule has 0 atom stereocenters. The van der Waals surface area contributed by atoms with Crippen molar-refractivity contribution in [3.05, 3.63) is 46.7 Å². The first-order valence-electron chi connectivity index (χ1n) is 7.86. The van der Waals surface area contributed by atoms with Crippen LogP contribution in [0.4, 0.5) is 11.6 Å². The molecule has 7 heteroatoms. The van der Waals surface area contributed by atoms with E-state index < -0.39 is 0 Å². The Morgan fingerprint density at radius 1 is 1.17 bits per heavy atom. The van der Waals surface area contributed by atoms with Crippen LogP contribution in [0.15, 0.2) is 30.6 Å². The maximum absolute atomic E-state index is 12.3. The number of nitrogens with one attached hydrogen (secondary N) is 1. The van der Waals surface area contributed by atoms with Gasteiger partial charge in [0.15, 0.2) is 0 Å². The summed E-state index contributed by atoms with van der Waals surface area (Å²) < 4.78 is 0. The Bertz CT molecular complexity index is 726. The quantitative estimate of drug-likeness (QED) is 0.925. The van der Waals surface area contributed by atoms with Crippen molar-refractivity contribution in [1.29, 1.82) is 0 Å². The number of rotatable bonds is 3. The minimum Gasteiger partial charge on any atom is -0.338 e. The highest BCUT2D eigenvalue weighted by molar-refractivity contribution is 6.30. The number of nitrogens with zero attached hydrogens (tertiary/aromatic N) is 4. The van der Waals surface area contributed by atoms with Crippen LogP contribution >= 0.6 is 11.6 Å². The largest absolute Gasteiger partial charge is 0.338 e. The molecule has 1 aliphatic rings. The lowest BCUT2D eigenvalue weighted by Gasteiger charge is -2.32. The van der Waals surface area contributed by atoms with Crippen molar-refractivity contribution in [2.24, 2.45) is 0 Å². The van der Waals surface area contributed by atoms with Gasteiger partial charge >= 0.3 is 0 Å². The smallest absolute Gasteiger partial charge is 0.258 e. The van der Waals surface area contributed by atoms with Crippen molar-refractivity contribution in [3.8, 4) is 0 Å². The molecule has 2 heterocycles. The van der Waals surface area contributed by atoms with Gasteiger partial charge in [-0.3, -0.25) is 4.79 Å². The van der Waals surface area contributed by atoms with Crippen LogP contribution in [0.3, 0.4) is 0 Å². The number of piperazine rings is 1. The lowest BCUT2D eigenvalue weighted by Crippen LogP contribution is -2.45. The lowest BCUT2D eigenvalue weighted by molar-refractivity contribution is 0.102. The molecule has 6 nitrogen and oxygen atoms in total. The maximum Gasteiger partial charge on any atom is 0.258 e. The minimum atomic E-state index is -0.231. The monoisotopic (exact) mass is 345 g/mol. The third-order valence-electron chi connectivity index (χ3n) is 4.12. The van der Waals surface area contributed by atoms with Crippen LogP contribution in [0, 0.1) is 6.92 Å². The molecule has 1 saturated heterocycles. The molecule has 0 unspecified atom stereocenters. The van der Waals surface area contributed by atoms with Crippen LogP contribution in [0.25, 0.3) is 0 Å². The summed E-state index contributed by atoms with van der Waals surface area (Å²) in [5, 5.41) is 3.50. The molecule has 1 aromatic heterocycles. The van der Waals surface area contributed by atoms with Gasteiger partial charge < -0.3 is 15.1 Å². The van der Waals surface area contributed by atoms with E-state index in [2.05, 4.69) is 32.1 Å². The first-order valence-corrected chi connectivity index (χ1v) is 8.24. The molecule has 0 aliphatic carbocycles. The standard InChI is InChI=1S/C17H20ClN5O/c1-12-9-14(18)3-4-15(12)21-16(24)13-10-19-17(20-11-13)23-7-5-22(2)6-8-23/h3-4,9-11H,5-8H2,1-2H3,(H,21,24). The van der Waals surface area contributed by atoms with E-state index in [1.807, 2.05) is 13.0 Å². The molecule has 1 fully saturated rings. The second kappa shape index (κ2) is 7.15. The van der Waals surface area contributed by atoms with Gasteiger partial charge in [-0.25, -0.2) is 9.97 Å². The fraction of sp³-hybridized carbons (Fsp3) is 0.353. The van der Waals surface area contributed by atoms with Gasteiger partial charge in [-0.2, -0.15) is 0 Å². The SMILES string of the molecule is Cc1cc(Cl)ccc1NC(=O)c1cnc(N2CCN(C)CC2)nc1. The van der Waals surface area contributed by atoms with Crippen molar-refractivity contribution in [2.45, 2.75) is 6.92 Å². The number of hydrogen-bond donors (Lipinski definition) is 1. The Morgan fingerprint density at radius 2 is 1.83 bits per heavy atom. The van der Waals surface area contributed by atoms with Gasteiger partial charge in [0, 0.05) is 49.3 Å². The Kier molecular flexibility index (Phi) is 4.97. The van der Waals surface area contributed by atoms with E-state index in [1.54, 1.807) is 24.5 Å². The van der Waals surface area contributed by atoms with Crippen molar-refractivity contribution in [2.75, 3.05) is 43.4 Å². The molecule has 1 amide bonds. The minimum absolute atomic E-state index is 0.231. The first kappa shape index (κ1) is 16.7. The third kappa shape index (κ3) is 3.83. The predicted octanol–water partition coefficient (Wildman–Crippen LogP) is 2.44. The van der Waals surface area contributed by atoms with Gasteiger partial charge in [-0.1, -0.05) is 11.6 Å². The number of likely N-dealkylation sites (N-methyl/N-ethyl adjacent to an activating group) is 1. The molecular formula is C17H20ClN5O. The van der Waals surface area contributed by atoms with Gasteiger partial charge in [-0.05, 0) is 37.7 Å². The van der Waals surface area contributed by atoms with E-state index in [4.69, 9.17) is 11.6 Å². The summed E-state index contributed by atoms with van der Waals surface area (Å²) in [6.07, 6.45) is 3.14. The van der Waals surface area contributed by atoms with Crippen LogP contribution in [0.2, 0.25) is 5.02 Å². The summed E-state index contributed by atoms with van der Waals surface area (Å²) in [4.78, 5) is 25.4. The summed E-state index contributed by atoms with van der Waals surface area (Å²) >= 11 is 5.93. The summed E-state index contributed by atoms with van der Waals surface area (Å²) in [5.74, 6) is 0.438. The number of carbonyl (C=O) groups is 1. The Labute approximate surface area is 146 Å². The predicted molar refractivity (Wildman–Crippen MR) is 95.9 cm³/mol. The maximum atomic E-state index is 12.3. The molecule has 1 aliphatic heterocycles. The highest BCUT2D eigenvalue weighted by Gasteiger charge is 2.17. The molecule has 1 aromatic carbocycles. The van der Waals surface area contributed by atoms with Gasteiger partial charge in [0.2, 0.25) is 5.95 Å².